The Morgan fingerprint density at radius 2 is 2.00 bits per heavy atom. The summed E-state index contributed by atoms with van der Waals surface area (Å²) in [5.41, 5.74) is -0.336. The number of rotatable bonds is 2. The number of alkyl halides is 3. The van der Waals surface area contributed by atoms with Crippen LogP contribution in [0.15, 0.2) is 41.7 Å². The molecule has 23 heavy (non-hydrogen) atoms. The van der Waals surface area contributed by atoms with Gasteiger partial charge in [-0.1, -0.05) is 23.9 Å². The number of carbonyl (C=O) groups is 1. The van der Waals surface area contributed by atoms with Crippen LogP contribution in [0.5, 0.6) is 0 Å². The predicted molar refractivity (Wildman–Crippen MR) is 80.1 cm³/mol. The fourth-order valence-electron chi connectivity index (χ4n) is 2.43. The Bertz CT molecular complexity index is 751. The van der Waals surface area contributed by atoms with E-state index in [1.54, 1.807) is 13.0 Å². The SMILES string of the molecule is C[C@@H](c1cccc(C(F)(F)F)c1)N1C(=O)CSc2nccnc21. The minimum absolute atomic E-state index is 0.189. The van der Waals surface area contributed by atoms with Crippen molar-refractivity contribution in [2.45, 2.75) is 24.2 Å². The fraction of sp³-hybridized carbons (Fsp3) is 0.267. The van der Waals surface area contributed by atoms with Crippen LogP contribution in [-0.2, 0) is 11.0 Å². The molecule has 1 amide bonds. The molecule has 0 unspecified atom stereocenters. The number of amides is 1. The Hall–Kier alpha value is -2.09. The molecule has 4 nitrogen and oxygen atoms in total. The Morgan fingerprint density at radius 3 is 2.74 bits per heavy atom. The first kappa shape index (κ1) is 15.8. The summed E-state index contributed by atoms with van der Waals surface area (Å²) >= 11 is 1.28. The zero-order valence-corrected chi connectivity index (χ0v) is 12.9. The highest BCUT2D eigenvalue weighted by Gasteiger charge is 2.34. The van der Waals surface area contributed by atoms with Crippen LogP contribution in [0.4, 0.5) is 19.0 Å². The third-order valence-corrected chi connectivity index (χ3v) is 4.51. The summed E-state index contributed by atoms with van der Waals surface area (Å²) in [5, 5.41) is 0.603. The molecule has 0 saturated heterocycles. The number of carbonyl (C=O) groups excluding carboxylic acids is 1. The molecule has 2 aromatic rings. The second-order valence-corrected chi connectivity index (χ2v) is 6.00. The van der Waals surface area contributed by atoms with Crippen LogP contribution in [0.3, 0.4) is 0 Å². The van der Waals surface area contributed by atoms with E-state index in [2.05, 4.69) is 9.97 Å². The van der Waals surface area contributed by atoms with E-state index in [0.717, 1.165) is 12.1 Å². The van der Waals surface area contributed by atoms with Gasteiger partial charge in [0.2, 0.25) is 5.91 Å². The number of anilines is 1. The number of fused-ring (bicyclic) bond motifs is 1. The van der Waals surface area contributed by atoms with Gasteiger partial charge in [-0.05, 0) is 24.6 Å². The summed E-state index contributed by atoms with van der Waals surface area (Å²) in [6.45, 7) is 1.68. The summed E-state index contributed by atoms with van der Waals surface area (Å²) in [6, 6.07) is 4.43. The van der Waals surface area contributed by atoms with Crippen LogP contribution < -0.4 is 4.90 Å². The Balaban J connectivity index is 2.00. The maximum absolute atomic E-state index is 12.9. The minimum atomic E-state index is -4.42. The molecule has 3 rings (SSSR count). The standard InChI is InChI=1S/C15H12F3N3OS/c1-9(10-3-2-4-11(7-10)15(16,17)18)21-12(22)8-23-14-13(21)19-5-6-20-14/h2-7,9H,8H2,1H3/t9-/m0/s1. The van der Waals surface area contributed by atoms with E-state index in [1.807, 2.05) is 0 Å². The van der Waals surface area contributed by atoms with Crippen molar-refractivity contribution < 1.29 is 18.0 Å². The average molecular weight is 339 g/mol. The van der Waals surface area contributed by atoms with E-state index >= 15 is 0 Å². The molecule has 0 saturated carbocycles. The first-order chi connectivity index (χ1) is 10.9. The topological polar surface area (TPSA) is 46.1 Å². The molecule has 0 N–H and O–H groups in total. The average Bonchev–Trinajstić information content (AvgIpc) is 2.53. The maximum atomic E-state index is 12.9. The molecule has 0 radical (unpaired) electrons. The van der Waals surface area contributed by atoms with Gasteiger partial charge in [0.15, 0.2) is 5.82 Å². The summed E-state index contributed by atoms with van der Waals surface area (Å²) in [5.74, 6) is 0.376. The summed E-state index contributed by atoms with van der Waals surface area (Å²) in [4.78, 5) is 22.0. The third kappa shape index (κ3) is 3.03. The zero-order chi connectivity index (χ0) is 16.6. The summed E-state index contributed by atoms with van der Waals surface area (Å²) in [6.07, 6.45) is -1.44. The number of nitrogens with zero attached hydrogens (tertiary/aromatic N) is 3. The van der Waals surface area contributed by atoms with Gasteiger partial charge >= 0.3 is 6.18 Å². The molecule has 0 fully saturated rings. The number of thioether (sulfide) groups is 1. The van der Waals surface area contributed by atoms with E-state index in [9.17, 15) is 18.0 Å². The van der Waals surface area contributed by atoms with E-state index in [0.29, 0.717) is 16.4 Å². The van der Waals surface area contributed by atoms with Gasteiger partial charge in [-0.3, -0.25) is 9.69 Å². The molecular weight excluding hydrogens is 327 g/mol. The van der Waals surface area contributed by atoms with Crippen molar-refractivity contribution in [1.29, 1.82) is 0 Å². The molecule has 2 heterocycles. The number of halogens is 3. The molecule has 1 aliphatic rings. The molecule has 120 valence electrons. The van der Waals surface area contributed by atoms with Crippen molar-refractivity contribution in [2.24, 2.45) is 0 Å². The van der Waals surface area contributed by atoms with Gasteiger partial charge in [0, 0.05) is 12.4 Å². The van der Waals surface area contributed by atoms with Gasteiger partial charge in [-0.15, -0.1) is 0 Å². The summed E-state index contributed by atoms with van der Waals surface area (Å²) < 4.78 is 38.6. The maximum Gasteiger partial charge on any atom is 0.416 e. The van der Waals surface area contributed by atoms with Gasteiger partial charge in [0.1, 0.15) is 5.03 Å². The molecule has 1 aromatic carbocycles. The molecule has 1 aromatic heterocycles. The van der Waals surface area contributed by atoms with Crippen molar-refractivity contribution in [3.63, 3.8) is 0 Å². The Morgan fingerprint density at radius 1 is 1.26 bits per heavy atom. The lowest BCUT2D eigenvalue weighted by molar-refractivity contribution is -0.137. The van der Waals surface area contributed by atoms with Gasteiger partial charge in [0.25, 0.3) is 0 Å². The lowest BCUT2D eigenvalue weighted by Crippen LogP contribution is -2.38. The second kappa shape index (κ2) is 5.84. The molecule has 0 aliphatic carbocycles. The Kier molecular flexibility index (Phi) is 4.01. The highest BCUT2D eigenvalue weighted by molar-refractivity contribution is 8.00. The van der Waals surface area contributed by atoms with Crippen LogP contribution in [0, 0.1) is 0 Å². The largest absolute Gasteiger partial charge is 0.416 e. The van der Waals surface area contributed by atoms with Gasteiger partial charge < -0.3 is 0 Å². The Labute approximate surface area is 134 Å². The first-order valence-electron chi connectivity index (χ1n) is 6.81. The number of hydrogen-bond donors (Lipinski definition) is 0. The monoisotopic (exact) mass is 339 g/mol. The van der Waals surface area contributed by atoms with Crippen molar-refractivity contribution in [1.82, 2.24) is 9.97 Å². The van der Waals surface area contributed by atoms with Crippen LogP contribution in [0.2, 0.25) is 0 Å². The molecule has 8 heteroatoms. The van der Waals surface area contributed by atoms with Crippen molar-refractivity contribution in [3.05, 3.63) is 47.8 Å². The van der Waals surface area contributed by atoms with Crippen LogP contribution >= 0.6 is 11.8 Å². The lowest BCUT2D eigenvalue weighted by atomic mass is 10.0. The number of hydrogen-bond acceptors (Lipinski definition) is 4. The lowest BCUT2D eigenvalue weighted by Gasteiger charge is -2.32. The van der Waals surface area contributed by atoms with Gasteiger partial charge in [-0.25, -0.2) is 9.97 Å². The molecule has 0 spiro atoms. The highest BCUT2D eigenvalue weighted by atomic mass is 32.2. The van der Waals surface area contributed by atoms with Crippen molar-refractivity contribution in [2.75, 3.05) is 10.7 Å². The van der Waals surface area contributed by atoms with Gasteiger partial charge in [-0.2, -0.15) is 13.2 Å². The van der Waals surface area contributed by atoms with E-state index in [-0.39, 0.29) is 11.7 Å². The molecule has 0 bridgehead atoms. The van der Waals surface area contributed by atoms with E-state index in [4.69, 9.17) is 0 Å². The first-order valence-corrected chi connectivity index (χ1v) is 7.79. The smallest absolute Gasteiger partial charge is 0.286 e. The highest BCUT2D eigenvalue weighted by Crippen LogP contribution is 2.38. The van der Waals surface area contributed by atoms with Crippen molar-refractivity contribution in [3.8, 4) is 0 Å². The van der Waals surface area contributed by atoms with E-state index in [1.165, 1.54) is 35.1 Å². The summed E-state index contributed by atoms with van der Waals surface area (Å²) in [7, 11) is 0. The second-order valence-electron chi connectivity index (χ2n) is 5.04. The molecule has 1 atom stereocenters. The predicted octanol–water partition coefficient (Wildman–Crippen LogP) is 3.70. The third-order valence-electron chi connectivity index (χ3n) is 3.56. The normalized spacial score (nSPS) is 16.2. The minimum Gasteiger partial charge on any atom is -0.286 e. The molecule has 1 aliphatic heterocycles. The van der Waals surface area contributed by atoms with Gasteiger partial charge in [0.05, 0.1) is 17.4 Å². The van der Waals surface area contributed by atoms with E-state index < -0.39 is 17.8 Å². The fourth-order valence-corrected chi connectivity index (χ4v) is 3.24. The van der Waals surface area contributed by atoms with Crippen LogP contribution in [0.25, 0.3) is 0 Å². The van der Waals surface area contributed by atoms with Crippen LogP contribution in [-0.4, -0.2) is 21.6 Å². The molecular formula is C15H12F3N3OS. The quantitative estimate of drug-likeness (QED) is 0.837. The van der Waals surface area contributed by atoms with Crippen LogP contribution in [0.1, 0.15) is 24.1 Å². The zero-order valence-electron chi connectivity index (χ0n) is 12.0. The van der Waals surface area contributed by atoms with Crippen molar-refractivity contribution >= 4 is 23.5 Å². The number of aromatic nitrogens is 2. The number of benzene rings is 1.